The van der Waals surface area contributed by atoms with Crippen molar-refractivity contribution in [2.75, 3.05) is 18.0 Å². The van der Waals surface area contributed by atoms with Gasteiger partial charge in [-0.1, -0.05) is 30.3 Å². The van der Waals surface area contributed by atoms with E-state index >= 15 is 0 Å². The SMILES string of the molecule is Cc1nc2cc(-c3ccccc3)c(CCc3nc(N4CCCC4)nn3C)nn2c1C. The molecule has 0 radical (unpaired) electrons. The molecule has 7 heteroatoms. The number of hydrogen-bond donors (Lipinski definition) is 0. The third-order valence-electron chi connectivity index (χ3n) is 6.05. The Bertz CT molecular complexity index is 1180. The lowest BCUT2D eigenvalue weighted by atomic mass is 10.0. The first kappa shape index (κ1) is 18.8. The molecular formula is C23H27N7. The van der Waals surface area contributed by atoms with Crippen LogP contribution < -0.4 is 4.90 Å². The molecule has 0 amide bonds. The molecule has 1 aliphatic heterocycles. The fourth-order valence-corrected chi connectivity index (χ4v) is 4.19. The summed E-state index contributed by atoms with van der Waals surface area (Å²) in [6.45, 7) is 6.21. The molecule has 4 aromatic rings. The number of imidazole rings is 1. The molecule has 0 atom stereocenters. The highest BCUT2D eigenvalue weighted by Crippen LogP contribution is 2.26. The van der Waals surface area contributed by atoms with Gasteiger partial charge in [0.25, 0.3) is 0 Å². The van der Waals surface area contributed by atoms with E-state index in [0.717, 1.165) is 71.6 Å². The molecule has 1 aliphatic rings. The lowest BCUT2D eigenvalue weighted by Crippen LogP contribution is -2.19. The number of fused-ring (bicyclic) bond motifs is 1. The van der Waals surface area contributed by atoms with Crippen molar-refractivity contribution in [2.24, 2.45) is 7.05 Å². The highest BCUT2D eigenvalue weighted by Gasteiger charge is 2.19. The van der Waals surface area contributed by atoms with Gasteiger partial charge in [-0.2, -0.15) is 10.1 Å². The Kier molecular flexibility index (Phi) is 4.73. The molecule has 1 fully saturated rings. The highest BCUT2D eigenvalue weighted by molar-refractivity contribution is 5.69. The van der Waals surface area contributed by atoms with E-state index in [0.29, 0.717) is 0 Å². The average molecular weight is 402 g/mol. The molecule has 4 heterocycles. The maximum atomic E-state index is 4.99. The second-order valence-corrected chi connectivity index (χ2v) is 8.07. The summed E-state index contributed by atoms with van der Waals surface area (Å²) >= 11 is 0. The predicted octanol–water partition coefficient (Wildman–Crippen LogP) is 3.53. The first-order chi connectivity index (χ1) is 14.6. The van der Waals surface area contributed by atoms with Gasteiger partial charge >= 0.3 is 0 Å². The lowest BCUT2D eigenvalue weighted by Gasteiger charge is -2.11. The van der Waals surface area contributed by atoms with Crippen LogP contribution in [-0.4, -0.2) is 42.5 Å². The van der Waals surface area contributed by atoms with Crippen molar-refractivity contribution in [1.29, 1.82) is 0 Å². The maximum Gasteiger partial charge on any atom is 0.244 e. The summed E-state index contributed by atoms with van der Waals surface area (Å²) in [4.78, 5) is 11.8. The molecule has 30 heavy (non-hydrogen) atoms. The Hall–Kier alpha value is -3.22. The Morgan fingerprint density at radius 2 is 1.70 bits per heavy atom. The number of hydrogen-bond acceptors (Lipinski definition) is 5. The summed E-state index contributed by atoms with van der Waals surface area (Å²) in [6, 6.07) is 12.6. The standard InChI is InChI=1S/C23H27N7/c1-16-17(2)30-22(24-16)15-19(18-9-5-4-6-10-18)20(26-30)11-12-21-25-23(27-28(21)3)29-13-7-8-14-29/h4-6,9-10,15H,7-8,11-14H2,1-3H3. The van der Waals surface area contributed by atoms with Crippen LogP contribution in [0.15, 0.2) is 36.4 Å². The van der Waals surface area contributed by atoms with Gasteiger partial charge < -0.3 is 4.90 Å². The molecule has 154 valence electrons. The number of aromatic nitrogens is 6. The van der Waals surface area contributed by atoms with Gasteiger partial charge in [-0.15, -0.1) is 5.10 Å². The van der Waals surface area contributed by atoms with Gasteiger partial charge in [-0.3, -0.25) is 4.68 Å². The van der Waals surface area contributed by atoms with Crippen LogP contribution in [-0.2, 0) is 19.9 Å². The van der Waals surface area contributed by atoms with Gasteiger partial charge in [0.05, 0.1) is 17.1 Å². The molecule has 7 nitrogen and oxygen atoms in total. The predicted molar refractivity (Wildman–Crippen MR) is 118 cm³/mol. The zero-order valence-corrected chi connectivity index (χ0v) is 17.8. The number of rotatable bonds is 5. The Balaban J connectivity index is 1.49. The van der Waals surface area contributed by atoms with Gasteiger partial charge in [0, 0.05) is 32.1 Å². The van der Waals surface area contributed by atoms with Crippen molar-refractivity contribution in [1.82, 2.24) is 29.4 Å². The summed E-state index contributed by atoms with van der Waals surface area (Å²) in [6.07, 6.45) is 4.04. The third kappa shape index (κ3) is 3.34. The summed E-state index contributed by atoms with van der Waals surface area (Å²) in [7, 11) is 1.99. The van der Waals surface area contributed by atoms with E-state index in [1.807, 2.05) is 29.2 Å². The van der Waals surface area contributed by atoms with E-state index in [2.05, 4.69) is 52.2 Å². The van der Waals surface area contributed by atoms with Crippen molar-refractivity contribution < 1.29 is 0 Å². The number of aryl methyl sites for hydroxylation is 5. The molecule has 3 aromatic heterocycles. The van der Waals surface area contributed by atoms with Crippen molar-refractivity contribution >= 4 is 11.6 Å². The van der Waals surface area contributed by atoms with Gasteiger partial charge in [-0.25, -0.2) is 9.50 Å². The van der Waals surface area contributed by atoms with E-state index < -0.39 is 0 Å². The monoisotopic (exact) mass is 401 g/mol. The summed E-state index contributed by atoms with van der Waals surface area (Å²) in [5.74, 6) is 1.86. The largest absolute Gasteiger partial charge is 0.340 e. The maximum absolute atomic E-state index is 4.99. The molecule has 0 unspecified atom stereocenters. The van der Waals surface area contributed by atoms with Crippen molar-refractivity contribution in [3.8, 4) is 11.1 Å². The first-order valence-electron chi connectivity index (χ1n) is 10.7. The smallest absolute Gasteiger partial charge is 0.244 e. The quantitative estimate of drug-likeness (QED) is 0.512. The minimum atomic E-state index is 0.794. The molecule has 0 bridgehead atoms. The highest BCUT2D eigenvalue weighted by atomic mass is 15.4. The van der Waals surface area contributed by atoms with Crippen LogP contribution in [0.2, 0.25) is 0 Å². The van der Waals surface area contributed by atoms with E-state index in [4.69, 9.17) is 10.1 Å². The molecule has 5 rings (SSSR count). The van der Waals surface area contributed by atoms with Crippen LogP contribution in [0.4, 0.5) is 5.95 Å². The fourth-order valence-electron chi connectivity index (χ4n) is 4.19. The summed E-state index contributed by atoms with van der Waals surface area (Å²) < 4.78 is 3.88. The number of anilines is 1. The fraction of sp³-hybridized carbons (Fsp3) is 0.391. The molecule has 0 saturated carbocycles. The Morgan fingerprint density at radius 1 is 0.933 bits per heavy atom. The zero-order valence-electron chi connectivity index (χ0n) is 17.8. The summed E-state index contributed by atoms with van der Waals surface area (Å²) in [5, 5.41) is 9.64. The van der Waals surface area contributed by atoms with Gasteiger partial charge in [0.15, 0.2) is 5.65 Å². The van der Waals surface area contributed by atoms with Gasteiger partial charge in [0.1, 0.15) is 5.82 Å². The molecule has 1 aromatic carbocycles. The van der Waals surface area contributed by atoms with Crippen LogP contribution in [0.25, 0.3) is 16.8 Å². The van der Waals surface area contributed by atoms with Gasteiger partial charge in [-0.05, 0) is 44.7 Å². The molecule has 0 N–H and O–H groups in total. The Morgan fingerprint density at radius 3 is 2.47 bits per heavy atom. The minimum absolute atomic E-state index is 0.794. The van der Waals surface area contributed by atoms with Crippen LogP contribution in [0, 0.1) is 13.8 Å². The van der Waals surface area contributed by atoms with Gasteiger partial charge in [0.2, 0.25) is 5.95 Å². The average Bonchev–Trinajstić information content (AvgIpc) is 3.47. The van der Waals surface area contributed by atoms with E-state index in [-0.39, 0.29) is 0 Å². The number of benzene rings is 1. The first-order valence-corrected chi connectivity index (χ1v) is 10.7. The zero-order chi connectivity index (χ0) is 20.7. The molecule has 0 aliphatic carbocycles. The molecular weight excluding hydrogens is 374 g/mol. The topological polar surface area (TPSA) is 64.1 Å². The van der Waals surface area contributed by atoms with Crippen molar-refractivity contribution in [3.63, 3.8) is 0 Å². The second-order valence-electron chi connectivity index (χ2n) is 8.07. The molecule has 1 saturated heterocycles. The van der Waals surface area contributed by atoms with Crippen LogP contribution in [0.1, 0.15) is 35.7 Å². The molecule has 0 spiro atoms. The second kappa shape index (κ2) is 7.55. The van der Waals surface area contributed by atoms with Crippen LogP contribution in [0.5, 0.6) is 0 Å². The summed E-state index contributed by atoms with van der Waals surface area (Å²) in [5.41, 5.74) is 6.34. The Labute approximate surface area is 176 Å². The minimum Gasteiger partial charge on any atom is -0.340 e. The van der Waals surface area contributed by atoms with Crippen molar-refractivity contribution in [3.05, 3.63) is 59.3 Å². The van der Waals surface area contributed by atoms with E-state index in [9.17, 15) is 0 Å². The van der Waals surface area contributed by atoms with Crippen LogP contribution in [0.3, 0.4) is 0 Å². The van der Waals surface area contributed by atoms with Crippen LogP contribution >= 0.6 is 0 Å². The van der Waals surface area contributed by atoms with E-state index in [1.165, 1.54) is 12.8 Å². The third-order valence-corrected chi connectivity index (χ3v) is 6.05. The lowest BCUT2D eigenvalue weighted by molar-refractivity contribution is 0.682. The normalized spacial score (nSPS) is 14.2. The number of nitrogens with zero attached hydrogens (tertiary/aromatic N) is 7. The van der Waals surface area contributed by atoms with E-state index in [1.54, 1.807) is 0 Å². The van der Waals surface area contributed by atoms with Crippen molar-refractivity contribution in [2.45, 2.75) is 39.5 Å².